The van der Waals surface area contributed by atoms with E-state index in [0.29, 0.717) is 6.10 Å². The third-order valence-corrected chi connectivity index (χ3v) is 3.51. The lowest BCUT2D eigenvalue weighted by Gasteiger charge is -2.22. The highest BCUT2D eigenvalue weighted by atomic mass is 16.5. The number of piperidine rings is 1. The fourth-order valence-electron chi connectivity index (χ4n) is 2.36. The van der Waals surface area contributed by atoms with Gasteiger partial charge in [0.25, 0.3) is 0 Å². The molecule has 1 heterocycles. The predicted octanol–water partition coefficient (Wildman–Crippen LogP) is 2.43. The van der Waals surface area contributed by atoms with E-state index in [1.807, 2.05) is 6.08 Å². The van der Waals surface area contributed by atoms with Crippen LogP contribution in [-0.4, -0.2) is 50.8 Å². The number of ether oxygens (including phenoxy) is 1. The molecule has 3 heteroatoms. The van der Waals surface area contributed by atoms with Crippen molar-refractivity contribution in [3.05, 3.63) is 12.7 Å². The molecule has 0 aromatic carbocycles. The first-order valence-electron chi connectivity index (χ1n) is 7.44. The smallest absolute Gasteiger partial charge is 0.0599 e. The van der Waals surface area contributed by atoms with Gasteiger partial charge in [0.2, 0.25) is 0 Å². The standard InChI is InChI=1S/C15H30N2O/c1-3-12-17(2)13-6-4-5-7-14-18-15-8-10-16-11-9-15/h3,15-16H,1,4-14H2,2H3. The minimum absolute atomic E-state index is 0.518. The molecule has 0 atom stereocenters. The number of hydrogen-bond acceptors (Lipinski definition) is 3. The fraction of sp³-hybridized carbons (Fsp3) is 0.867. The summed E-state index contributed by atoms with van der Waals surface area (Å²) in [6, 6.07) is 0. The zero-order valence-corrected chi connectivity index (χ0v) is 12.0. The van der Waals surface area contributed by atoms with Crippen LogP contribution < -0.4 is 5.32 Å². The Hall–Kier alpha value is -0.380. The summed E-state index contributed by atoms with van der Waals surface area (Å²) in [5.74, 6) is 0. The number of hydrogen-bond donors (Lipinski definition) is 1. The molecule has 1 rings (SSSR count). The van der Waals surface area contributed by atoms with E-state index in [1.54, 1.807) is 0 Å². The maximum absolute atomic E-state index is 5.89. The molecule has 0 bridgehead atoms. The molecule has 0 unspecified atom stereocenters. The maximum atomic E-state index is 5.89. The molecule has 0 aromatic heterocycles. The van der Waals surface area contributed by atoms with E-state index in [1.165, 1.54) is 45.1 Å². The lowest BCUT2D eigenvalue weighted by molar-refractivity contribution is 0.0307. The minimum atomic E-state index is 0.518. The van der Waals surface area contributed by atoms with E-state index >= 15 is 0 Å². The summed E-state index contributed by atoms with van der Waals surface area (Å²) in [6.07, 6.45) is 9.98. The third-order valence-electron chi connectivity index (χ3n) is 3.51. The normalized spacial score (nSPS) is 17.2. The highest BCUT2D eigenvalue weighted by Crippen LogP contribution is 2.09. The van der Waals surface area contributed by atoms with Gasteiger partial charge in [0.15, 0.2) is 0 Å². The van der Waals surface area contributed by atoms with E-state index in [0.717, 1.165) is 26.2 Å². The van der Waals surface area contributed by atoms with E-state index in [9.17, 15) is 0 Å². The van der Waals surface area contributed by atoms with Crippen molar-refractivity contribution in [2.24, 2.45) is 0 Å². The topological polar surface area (TPSA) is 24.5 Å². The Bertz CT molecular complexity index is 203. The van der Waals surface area contributed by atoms with E-state index in [4.69, 9.17) is 4.74 Å². The Kier molecular flexibility index (Phi) is 9.17. The van der Waals surface area contributed by atoms with Crippen LogP contribution in [0.4, 0.5) is 0 Å². The van der Waals surface area contributed by atoms with E-state index < -0.39 is 0 Å². The number of nitrogens with zero attached hydrogens (tertiary/aromatic N) is 1. The highest BCUT2D eigenvalue weighted by molar-refractivity contribution is 4.71. The lowest BCUT2D eigenvalue weighted by Crippen LogP contribution is -2.32. The van der Waals surface area contributed by atoms with Crippen LogP contribution in [0.3, 0.4) is 0 Å². The van der Waals surface area contributed by atoms with Gasteiger partial charge >= 0.3 is 0 Å². The maximum Gasteiger partial charge on any atom is 0.0599 e. The van der Waals surface area contributed by atoms with Crippen molar-refractivity contribution in [1.29, 1.82) is 0 Å². The van der Waals surface area contributed by atoms with Gasteiger partial charge in [-0.05, 0) is 52.4 Å². The minimum Gasteiger partial charge on any atom is -0.378 e. The second-order valence-corrected chi connectivity index (χ2v) is 5.29. The first-order chi connectivity index (χ1) is 8.83. The van der Waals surface area contributed by atoms with Crippen LogP contribution in [-0.2, 0) is 4.74 Å². The van der Waals surface area contributed by atoms with Crippen LogP contribution in [0.25, 0.3) is 0 Å². The Labute approximate surface area is 113 Å². The van der Waals surface area contributed by atoms with Crippen LogP contribution in [0.15, 0.2) is 12.7 Å². The summed E-state index contributed by atoms with van der Waals surface area (Å²) in [5, 5.41) is 3.36. The quantitative estimate of drug-likeness (QED) is 0.479. The highest BCUT2D eigenvalue weighted by Gasteiger charge is 2.12. The van der Waals surface area contributed by atoms with Crippen LogP contribution in [0.1, 0.15) is 38.5 Å². The largest absolute Gasteiger partial charge is 0.378 e. The first-order valence-corrected chi connectivity index (χ1v) is 7.44. The van der Waals surface area contributed by atoms with Gasteiger partial charge in [-0.1, -0.05) is 18.9 Å². The van der Waals surface area contributed by atoms with Gasteiger partial charge in [-0.15, -0.1) is 6.58 Å². The lowest BCUT2D eigenvalue weighted by atomic mass is 10.1. The summed E-state index contributed by atoms with van der Waals surface area (Å²) >= 11 is 0. The van der Waals surface area contributed by atoms with Gasteiger partial charge in [-0.2, -0.15) is 0 Å². The average molecular weight is 254 g/mol. The van der Waals surface area contributed by atoms with Crippen LogP contribution in [0.5, 0.6) is 0 Å². The van der Waals surface area contributed by atoms with Crippen molar-refractivity contribution < 1.29 is 4.74 Å². The zero-order valence-electron chi connectivity index (χ0n) is 12.0. The number of rotatable bonds is 10. The van der Waals surface area contributed by atoms with Crippen LogP contribution in [0, 0.1) is 0 Å². The van der Waals surface area contributed by atoms with Crippen molar-refractivity contribution in [1.82, 2.24) is 10.2 Å². The molecule has 3 nitrogen and oxygen atoms in total. The second kappa shape index (κ2) is 10.5. The van der Waals surface area contributed by atoms with Crippen molar-refractivity contribution >= 4 is 0 Å². The molecule has 106 valence electrons. The van der Waals surface area contributed by atoms with E-state index in [2.05, 4.69) is 23.8 Å². The van der Waals surface area contributed by atoms with Crippen molar-refractivity contribution in [2.75, 3.05) is 39.8 Å². The molecular weight excluding hydrogens is 224 g/mol. The summed E-state index contributed by atoms with van der Waals surface area (Å²) in [6.45, 7) is 9.13. The molecule has 1 aliphatic rings. The Morgan fingerprint density at radius 1 is 1.22 bits per heavy atom. The van der Waals surface area contributed by atoms with Crippen LogP contribution >= 0.6 is 0 Å². The van der Waals surface area contributed by atoms with Gasteiger partial charge < -0.3 is 15.0 Å². The summed E-state index contributed by atoms with van der Waals surface area (Å²) in [7, 11) is 2.15. The molecule has 1 aliphatic heterocycles. The second-order valence-electron chi connectivity index (χ2n) is 5.29. The van der Waals surface area contributed by atoms with E-state index in [-0.39, 0.29) is 0 Å². The first kappa shape index (κ1) is 15.7. The predicted molar refractivity (Wildman–Crippen MR) is 78.0 cm³/mol. The summed E-state index contributed by atoms with van der Waals surface area (Å²) in [5.41, 5.74) is 0. The molecule has 1 N–H and O–H groups in total. The van der Waals surface area contributed by atoms with Gasteiger partial charge in [0.1, 0.15) is 0 Å². The number of nitrogens with one attached hydrogen (secondary N) is 1. The Morgan fingerprint density at radius 2 is 1.94 bits per heavy atom. The molecule has 1 saturated heterocycles. The van der Waals surface area contributed by atoms with Gasteiger partial charge in [0, 0.05) is 13.2 Å². The van der Waals surface area contributed by atoms with Crippen molar-refractivity contribution in [3.63, 3.8) is 0 Å². The molecule has 1 fully saturated rings. The van der Waals surface area contributed by atoms with Crippen LogP contribution in [0.2, 0.25) is 0 Å². The molecule has 0 radical (unpaired) electrons. The Balaban J connectivity index is 1.82. The molecule has 0 aromatic rings. The third kappa shape index (κ3) is 7.85. The summed E-state index contributed by atoms with van der Waals surface area (Å²) < 4.78 is 5.89. The van der Waals surface area contributed by atoms with Crippen molar-refractivity contribution in [3.8, 4) is 0 Å². The number of unbranched alkanes of at least 4 members (excludes halogenated alkanes) is 3. The average Bonchev–Trinajstić information content (AvgIpc) is 2.39. The van der Waals surface area contributed by atoms with Gasteiger partial charge in [-0.25, -0.2) is 0 Å². The monoisotopic (exact) mass is 254 g/mol. The van der Waals surface area contributed by atoms with Gasteiger partial charge in [-0.3, -0.25) is 0 Å². The number of likely N-dealkylation sites (N-methyl/N-ethyl adjacent to an activating group) is 1. The molecule has 18 heavy (non-hydrogen) atoms. The van der Waals surface area contributed by atoms with Crippen molar-refractivity contribution in [2.45, 2.75) is 44.6 Å². The fourth-order valence-corrected chi connectivity index (χ4v) is 2.36. The van der Waals surface area contributed by atoms with Gasteiger partial charge in [0.05, 0.1) is 6.10 Å². The molecule has 0 aliphatic carbocycles. The molecule has 0 spiro atoms. The zero-order chi connectivity index (χ0) is 13.1. The molecular formula is C15H30N2O. The summed E-state index contributed by atoms with van der Waals surface area (Å²) in [4.78, 5) is 2.32. The molecule has 0 amide bonds. The SMILES string of the molecule is C=CCN(C)CCCCCCOC1CCNCC1. The Morgan fingerprint density at radius 3 is 2.67 bits per heavy atom. The molecule has 0 saturated carbocycles.